The normalized spacial score (nSPS) is 14.3. The average molecular weight is 251 g/mol. The summed E-state index contributed by atoms with van der Waals surface area (Å²) in [6.07, 6.45) is 2.64. The predicted octanol–water partition coefficient (Wildman–Crippen LogP) is 2.88. The molecule has 0 saturated heterocycles. The summed E-state index contributed by atoms with van der Waals surface area (Å²) >= 11 is 0. The van der Waals surface area contributed by atoms with Gasteiger partial charge in [-0.15, -0.1) is 0 Å². The SMILES string of the molecule is N#Cc1ccc(NCCNC2CC2)c2ccccc12. The number of hydrogen-bond donors (Lipinski definition) is 2. The van der Waals surface area contributed by atoms with Gasteiger partial charge in [-0.2, -0.15) is 5.26 Å². The minimum atomic E-state index is 0.734. The predicted molar refractivity (Wildman–Crippen MR) is 78.2 cm³/mol. The van der Waals surface area contributed by atoms with E-state index in [9.17, 15) is 0 Å². The molecule has 0 bridgehead atoms. The Labute approximate surface area is 113 Å². The lowest BCUT2D eigenvalue weighted by Crippen LogP contribution is -2.23. The van der Waals surface area contributed by atoms with Crippen LogP contribution in [0.4, 0.5) is 5.69 Å². The van der Waals surface area contributed by atoms with E-state index in [1.54, 1.807) is 0 Å². The fraction of sp³-hybridized carbons (Fsp3) is 0.312. The maximum atomic E-state index is 9.13. The van der Waals surface area contributed by atoms with Gasteiger partial charge in [-0.3, -0.25) is 0 Å². The minimum absolute atomic E-state index is 0.734. The molecule has 0 unspecified atom stereocenters. The van der Waals surface area contributed by atoms with Crippen molar-refractivity contribution in [3.05, 3.63) is 42.0 Å². The highest BCUT2D eigenvalue weighted by molar-refractivity contribution is 5.97. The van der Waals surface area contributed by atoms with E-state index in [-0.39, 0.29) is 0 Å². The number of nitriles is 1. The Kier molecular flexibility index (Phi) is 3.35. The van der Waals surface area contributed by atoms with Crippen LogP contribution in [0.15, 0.2) is 36.4 Å². The molecule has 1 aliphatic rings. The van der Waals surface area contributed by atoms with E-state index >= 15 is 0 Å². The van der Waals surface area contributed by atoms with Crippen molar-refractivity contribution in [2.75, 3.05) is 18.4 Å². The number of nitrogens with one attached hydrogen (secondary N) is 2. The van der Waals surface area contributed by atoms with Crippen LogP contribution in [0.1, 0.15) is 18.4 Å². The van der Waals surface area contributed by atoms with Crippen molar-refractivity contribution < 1.29 is 0 Å². The molecule has 0 aromatic heterocycles. The molecule has 0 atom stereocenters. The molecule has 0 spiro atoms. The maximum absolute atomic E-state index is 9.13. The van der Waals surface area contributed by atoms with Crippen LogP contribution < -0.4 is 10.6 Å². The second-order valence-electron chi connectivity index (χ2n) is 4.97. The van der Waals surface area contributed by atoms with E-state index in [0.717, 1.165) is 41.2 Å². The lowest BCUT2D eigenvalue weighted by atomic mass is 10.0. The molecule has 0 radical (unpaired) electrons. The highest BCUT2D eigenvalue weighted by atomic mass is 15.0. The van der Waals surface area contributed by atoms with E-state index in [1.165, 1.54) is 12.8 Å². The van der Waals surface area contributed by atoms with Gasteiger partial charge >= 0.3 is 0 Å². The van der Waals surface area contributed by atoms with Crippen molar-refractivity contribution in [2.45, 2.75) is 18.9 Å². The fourth-order valence-electron chi connectivity index (χ4n) is 2.31. The monoisotopic (exact) mass is 251 g/mol. The number of fused-ring (bicyclic) bond motifs is 1. The summed E-state index contributed by atoms with van der Waals surface area (Å²) in [7, 11) is 0. The zero-order valence-corrected chi connectivity index (χ0v) is 10.8. The summed E-state index contributed by atoms with van der Waals surface area (Å²) in [5.41, 5.74) is 1.84. The quantitative estimate of drug-likeness (QED) is 0.803. The third-order valence-electron chi connectivity index (χ3n) is 3.50. The Hall–Kier alpha value is -2.05. The number of benzene rings is 2. The Morgan fingerprint density at radius 2 is 1.84 bits per heavy atom. The zero-order chi connectivity index (χ0) is 13.1. The van der Waals surface area contributed by atoms with Crippen LogP contribution in [0.3, 0.4) is 0 Å². The Balaban J connectivity index is 1.77. The van der Waals surface area contributed by atoms with Crippen LogP contribution in [0, 0.1) is 11.3 Å². The Bertz CT molecular complexity index is 623. The van der Waals surface area contributed by atoms with Crippen LogP contribution in [-0.4, -0.2) is 19.1 Å². The van der Waals surface area contributed by atoms with Crippen LogP contribution in [-0.2, 0) is 0 Å². The molecule has 3 rings (SSSR count). The van der Waals surface area contributed by atoms with Gasteiger partial charge in [0.25, 0.3) is 0 Å². The average Bonchev–Trinajstić information content (AvgIpc) is 3.27. The molecule has 0 heterocycles. The molecular weight excluding hydrogens is 234 g/mol. The van der Waals surface area contributed by atoms with Crippen LogP contribution in [0.2, 0.25) is 0 Å². The number of nitrogens with zero attached hydrogens (tertiary/aromatic N) is 1. The first-order valence-electron chi connectivity index (χ1n) is 6.77. The first kappa shape index (κ1) is 12.0. The molecule has 3 nitrogen and oxygen atoms in total. The van der Waals surface area contributed by atoms with Gasteiger partial charge in [-0.1, -0.05) is 24.3 Å². The van der Waals surface area contributed by atoms with Gasteiger partial charge in [0.05, 0.1) is 11.6 Å². The largest absolute Gasteiger partial charge is 0.383 e. The summed E-state index contributed by atoms with van der Waals surface area (Å²) < 4.78 is 0. The highest BCUT2D eigenvalue weighted by Crippen LogP contribution is 2.26. The molecule has 96 valence electrons. The molecule has 2 N–H and O–H groups in total. The van der Waals surface area contributed by atoms with Crippen molar-refractivity contribution in [1.29, 1.82) is 5.26 Å². The van der Waals surface area contributed by atoms with E-state index in [2.05, 4.69) is 22.8 Å². The molecule has 0 amide bonds. The van der Waals surface area contributed by atoms with Crippen molar-refractivity contribution >= 4 is 16.5 Å². The maximum Gasteiger partial charge on any atom is 0.0998 e. The smallest absolute Gasteiger partial charge is 0.0998 e. The molecule has 2 aromatic carbocycles. The summed E-state index contributed by atoms with van der Waals surface area (Å²) in [4.78, 5) is 0. The molecule has 2 aromatic rings. The van der Waals surface area contributed by atoms with Gasteiger partial charge in [0.15, 0.2) is 0 Å². The van der Waals surface area contributed by atoms with Crippen molar-refractivity contribution in [3.8, 4) is 6.07 Å². The molecule has 0 aliphatic heterocycles. The molecule has 1 saturated carbocycles. The molecule has 1 fully saturated rings. The molecule has 3 heteroatoms. The van der Waals surface area contributed by atoms with Gasteiger partial charge < -0.3 is 10.6 Å². The molecule has 19 heavy (non-hydrogen) atoms. The van der Waals surface area contributed by atoms with Crippen LogP contribution in [0.25, 0.3) is 10.8 Å². The molecule has 1 aliphatic carbocycles. The lowest BCUT2D eigenvalue weighted by molar-refractivity contribution is 0.702. The summed E-state index contributed by atoms with van der Waals surface area (Å²) in [5, 5.41) is 18.2. The van der Waals surface area contributed by atoms with Gasteiger partial charge in [-0.05, 0) is 25.0 Å². The van der Waals surface area contributed by atoms with E-state index in [0.29, 0.717) is 0 Å². The Morgan fingerprint density at radius 1 is 1.05 bits per heavy atom. The van der Waals surface area contributed by atoms with E-state index in [1.807, 2.05) is 30.3 Å². The van der Waals surface area contributed by atoms with Gasteiger partial charge in [0, 0.05) is 35.6 Å². The van der Waals surface area contributed by atoms with E-state index < -0.39 is 0 Å². The van der Waals surface area contributed by atoms with Crippen LogP contribution in [0.5, 0.6) is 0 Å². The summed E-state index contributed by atoms with van der Waals surface area (Å²) in [5.74, 6) is 0. The van der Waals surface area contributed by atoms with E-state index in [4.69, 9.17) is 5.26 Å². The first-order chi connectivity index (χ1) is 9.38. The van der Waals surface area contributed by atoms with Crippen LogP contribution >= 0.6 is 0 Å². The van der Waals surface area contributed by atoms with Crippen molar-refractivity contribution in [2.24, 2.45) is 0 Å². The third kappa shape index (κ3) is 2.69. The topological polar surface area (TPSA) is 47.9 Å². The minimum Gasteiger partial charge on any atom is -0.383 e. The van der Waals surface area contributed by atoms with Gasteiger partial charge in [0.1, 0.15) is 0 Å². The second kappa shape index (κ2) is 5.29. The molecular formula is C16H17N3. The van der Waals surface area contributed by atoms with Gasteiger partial charge in [0.2, 0.25) is 0 Å². The Morgan fingerprint density at radius 3 is 2.58 bits per heavy atom. The standard InChI is InChI=1S/C16H17N3/c17-11-12-5-8-16(15-4-2-1-3-14(12)15)19-10-9-18-13-6-7-13/h1-5,8,13,18-19H,6-7,9-10H2. The summed E-state index contributed by atoms with van der Waals surface area (Å²) in [6, 6.07) is 14.9. The number of rotatable bonds is 5. The fourth-order valence-corrected chi connectivity index (χ4v) is 2.31. The number of hydrogen-bond acceptors (Lipinski definition) is 3. The van der Waals surface area contributed by atoms with Gasteiger partial charge in [-0.25, -0.2) is 0 Å². The highest BCUT2D eigenvalue weighted by Gasteiger charge is 2.19. The second-order valence-corrected chi connectivity index (χ2v) is 4.97. The third-order valence-corrected chi connectivity index (χ3v) is 3.50. The first-order valence-corrected chi connectivity index (χ1v) is 6.77. The van der Waals surface area contributed by atoms with Crippen molar-refractivity contribution in [1.82, 2.24) is 5.32 Å². The summed E-state index contributed by atoms with van der Waals surface area (Å²) in [6.45, 7) is 1.89. The van der Waals surface area contributed by atoms with Crippen molar-refractivity contribution in [3.63, 3.8) is 0 Å². The zero-order valence-electron chi connectivity index (χ0n) is 10.8. The number of anilines is 1. The lowest BCUT2D eigenvalue weighted by Gasteiger charge is -2.11.